The van der Waals surface area contributed by atoms with Gasteiger partial charge in [-0.25, -0.2) is 0 Å². The van der Waals surface area contributed by atoms with Crippen LogP contribution in [0.4, 0.5) is 0 Å². The number of ketones is 1. The van der Waals surface area contributed by atoms with Gasteiger partial charge in [0.25, 0.3) is 0 Å². The first-order valence-corrected chi connectivity index (χ1v) is 11.9. The number of ether oxygens (including phenoxy) is 1. The molecule has 4 fully saturated rings. The van der Waals surface area contributed by atoms with E-state index in [-0.39, 0.29) is 5.97 Å². The molecule has 4 aliphatic carbocycles. The van der Waals surface area contributed by atoms with Crippen molar-refractivity contribution in [3.63, 3.8) is 0 Å². The first kappa shape index (κ1) is 20.4. The Hall–Kier alpha value is -0.860. The lowest BCUT2D eigenvalue weighted by Gasteiger charge is -2.60. The Labute approximate surface area is 171 Å². The molecule has 28 heavy (non-hydrogen) atoms. The van der Waals surface area contributed by atoms with Crippen LogP contribution in [0.5, 0.6) is 0 Å². The number of carbonyl (C=O) groups excluding carboxylic acids is 2. The van der Waals surface area contributed by atoms with Gasteiger partial charge in [-0.1, -0.05) is 20.8 Å². The van der Waals surface area contributed by atoms with Gasteiger partial charge in [0, 0.05) is 19.3 Å². The monoisotopic (exact) mass is 388 g/mol. The highest BCUT2D eigenvalue weighted by Crippen LogP contribution is 2.68. The van der Waals surface area contributed by atoms with E-state index in [2.05, 4.69) is 20.8 Å². The number of esters is 1. The largest absolute Gasteiger partial charge is 0.469 e. The van der Waals surface area contributed by atoms with Gasteiger partial charge >= 0.3 is 5.97 Å². The van der Waals surface area contributed by atoms with E-state index < -0.39 is 0 Å². The van der Waals surface area contributed by atoms with Crippen LogP contribution in [-0.2, 0) is 14.3 Å². The average molecular weight is 389 g/mol. The van der Waals surface area contributed by atoms with Gasteiger partial charge in [-0.05, 0) is 97.7 Å². The van der Waals surface area contributed by atoms with Crippen LogP contribution in [0.3, 0.4) is 0 Å². The van der Waals surface area contributed by atoms with Gasteiger partial charge < -0.3 is 4.74 Å². The van der Waals surface area contributed by atoms with E-state index in [9.17, 15) is 9.59 Å². The molecule has 0 aliphatic heterocycles. The lowest BCUT2D eigenvalue weighted by molar-refractivity contribution is -0.141. The van der Waals surface area contributed by atoms with Crippen molar-refractivity contribution in [3.8, 4) is 0 Å². The summed E-state index contributed by atoms with van der Waals surface area (Å²) in [5, 5.41) is 0. The second-order valence-electron chi connectivity index (χ2n) is 11.2. The minimum atomic E-state index is -0.0617. The van der Waals surface area contributed by atoms with Gasteiger partial charge in [0.05, 0.1) is 7.11 Å². The molecule has 4 unspecified atom stereocenters. The Balaban J connectivity index is 1.49. The van der Waals surface area contributed by atoms with Crippen LogP contribution in [0, 0.1) is 46.3 Å². The maximum atomic E-state index is 12.1. The van der Waals surface area contributed by atoms with Crippen molar-refractivity contribution in [2.45, 2.75) is 91.4 Å². The van der Waals surface area contributed by atoms with E-state index in [0.29, 0.717) is 34.9 Å². The van der Waals surface area contributed by atoms with Crippen molar-refractivity contribution >= 4 is 11.8 Å². The van der Waals surface area contributed by atoms with E-state index in [0.717, 1.165) is 49.4 Å². The fourth-order valence-corrected chi connectivity index (χ4v) is 8.67. The number of carbonyl (C=O) groups is 2. The molecule has 0 radical (unpaired) electrons. The van der Waals surface area contributed by atoms with Crippen LogP contribution in [0.25, 0.3) is 0 Å². The average Bonchev–Trinajstić information content (AvgIpc) is 3.03. The van der Waals surface area contributed by atoms with Gasteiger partial charge in [-0.15, -0.1) is 0 Å². The van der Waals surface area contributed by atoms with Gasteiger partial charge in [0.2, 0.25) is 0 Å². The lowest BCUT2D eigenvalue weighted by atomic mass is 9.44. The summed E-state index contributed by atoms with van der Waals surface area (Å²) in [7, 11) is 1.50. The van der Waals surface area contributed by atoms with Crippen molar-refractivity contribution in [2.24, 2.45) is 46.3 Å². The second-order valence-corrected chi connectivity index (χ2v) is 11.2. The SMILES string of the molecule is COC(=O)CC[C@@H](C)[C@H]1CCC2C3CCC4CC(=O)CC[C@]4(C)C3CC[C@@]21C. The number of Topliss-reactive ketones (excluding diaryl/α,β-unsaturated/α-hetero) is 1. The maximum absolute atomic E-state index is 12.1. The second kappa shape index (κ2) is 7.43. The Kier molecular flexibility index (Phi) is 5.42. The van der Waals surface area contributed by atoms with Crippen molar-refractivity contribution < 1.29 is 14.3 Å². The predicted octanol–water partition coefficient (Wildman–Crippen LogP) is 5.80. The zero-order valence-corrected chi connectivity index (χ0v) is 18.5. The molecule has 4 aliphatic rings. The molecule has 8 atom stereocenters. The highest BCUT2D eigenvalue weighted by atomic mass is 16.5. The van der Waals surface area contributed by atoms with Crippen LogP contribution >= 0.6 is 0 Å². The summed E-state index contributed by atoms with van der Waals surface area (Å²) in [5.41, 5.74) is 0.858. The number of fused-ring (bicyclic) bond motifs is 5. The standard InChI is InChI=1S/C25H40O3/c1-16(5-10-23(27)28-4)20-8-9-21-19-7-6-17-15-18(26)11-13-24(17,2)22(19)12-14-25(20,21)3/h16-17,19-22H,5-15H2,1-4H3/t16-,17?,19?,20-,21?,22?,24+,25-/m1/s1. The highest BCUT2D eigenvalue weighted by Gasteiger charge is 2.60. The van der Waals surface area contributed by atoms with Crippen LogP contribution in [0.2, 0.25) is 0 Å². The molecule has 3 nitrogen and oxygen atoms in total. The zero-order valence-electron chi connectivity index (χ0n) is 18.5. The van der Waals surface area contributed by atoms with Crippen LogP contribution in [0.15, 0.2) is 0 Å². The third-order valence-corrected chi connectivity index (χ3v) is 10.3. The van der Waals surface area contributed by atoms with Gasteiger partial charge in [-0.3, -0.25) is 9.59 Å². The molecular formula is C25H40O3. The molecule has 3 heteroatoms. The molecular weight excluding hydrogens is 348 g/mol. The van der Waals surface area contributed by atoms with Crippen molar-refractivity contribution in [1.82, 2.24) is 0 Å². The lowest BCUT2D eigenvalue weighted by Crippen LogP contribution is -2.53. The summed E-state index contributed by atoms with van der Waals surface area (Å²) in [4.78, 5) is 23.7. The Morgan fingerprint density at radius 2 is 1.82 bits per heavy atom. The fraction of sp³-hybridized carbons (Fsp3) is 0.920. The first-order valence-electron chi connectivity index (χ1n) is 11.9. The first-order chi connectivity index (χ1) is 13.3. The van der Waals surface area contributed by atoms with E-state index in [1.165, 1.54) is 45.6 Å². The van der Waals surface area contributed by atoms with Crippen LogP contribution < -0.4 is 0 Å². The summed E-state index contributed by atoms with van der Waals surface area (Å²) < 4.78 is 4.87. The molecule has 0 N–H and O–H groups in total. The van der Waals surface area contributed by atoms with E-state index in [1.54, 1.807) is 0 Å². The third kappa shape index (κ3) is 3.16. The van der Waals surface area contributed by atoms with Gasteiger partial charge in [0.15, 0.2) is 0 Å². The molecule has 0 saturated heterocycles. The van der Waals surface area contributed by atoms with Crippen molar-refractivity contribution in [3.05, 3.63) is 0 Å². The van der Waals surface area contributed by atoms with E-state index in [1.807, 2.05) is 0 Å². The Bertz CT molecular complexity index is 627. The van der Waals surface area contributed by atoms with E-state index >= 15 is 0 Å². The third-order valence-electron chi connectivity index (χ3n) is 10.3. The summed E-state index contributed by atoms with van der Waals surface area (Å²) in [6, 6.07) is 0. The fourth-order valence-electron chi connectivity index (χ4n) is 8.67. The Morgan fingerprint density at radius 3 is 2.57 bits per heavy atom. The molecule has 0 spiro atoms. The van der Waals surface area contributed by atoms with Crippen molar-refractivity contribution in [1.29, 1.82) is 0 Å². The highest BCUT2D eigenvalue weighted by molar-refractivity contribution is 5.79. The molecule has 0 aromatic heterocycles. The molecule has 0 bridgehead atoms. The smallest absolute Gasteiger partial charge is 0.305 e. The van der Waals surface area contributed by atoms with Crippen molar-refractivity contribution in [2.75, 3.05) is 7.11 Å². The topological polar surface area (TPSA) is 43.4 Å². The molecule has 0 aromatic carbocycles. The number of hydrogen-bond acceptors (Lipinski definition) is 3. The summed E-state index contributed by atoms with van der Waals surface area (Å²) in [6.45, 7) is 7.49. The van der Waals surface area contributed by atoms with Crippen LogP contribution in [-0.4, -0.2) is 18.9 Å². The number of methoxy groups -OCH3 is 1. The maximum Gasteiger partial charge on any atom is 0.305 e. The molecule has 0 aromatic rings. The van der Waals surface area contributed by atoms with Gasteiger partial charge in [-0.2, -0.15) is 0 Å². The molecule has 0 amide bonds. The molecule has 4 saturated carbocycles. The summed E-state index contributed by atoms with van der Waals surface area (Å²) >= 11 is 0. The minimum absolute atomic E-state index is 0.0617. The summed E-state index contributed by atoms with van der Waals surface area (Å²) in [5.74, 6) is 5.01. The Morgan fingerprint density at radius 1 is 1.07 bits per heavy atom. The molecule has 0 heterocycles. The minimum Gasteiger partial charge on any atom is -0.469 e. The quantitative estimate of drug-likeness (QED) is 0.571. The molecule has 158 valence electrons. The van der Waals surface area contributed by atoms with E-state index in [4.69, 9.17) is 4.74 Å². The van der Waals surface area contributed by atoms with Crippen LogP contribution in [0.1, 0.15) is 91.4 Å². The predicted molar refractivity (Wildman–Crippen MR) is 111 cm³/mol. The molecule has 4 rings (SSSR count). The van der Waals surface area contributed by atoms with Gasteiger partial charge in [0.1, 0.15) is 5.78 Å². The number of rotatable bonds is 4. The normalized spacial score (nSPS) is 46.3. The zero-order chi connectivity index (χ0) is 20.1. The number of hydrogen-bond donors (Lipinski definition) is 0. The summed E-state index contributed by atoms with van der Waals surface area (Å²) in [6.07, 6.45) is 12.4.